The van der Waals surface area contributed by atoms with Crippen LogP contribution in [0.2, 0.25) is 0 Å². The molecule has 0 aromatic carbocycles. The van der Waals surface area contributed by atoms with Crippen LogP contribution in [0.15, 0.2) is 0 Å². The van der Waals surface area contributed by atoms with Crippen molar-refractivity contribution in [1.29, 1.82) is 0 Å². The summed E-state index contributed by atoms with van der Waals surface area (Å²) in [6.45, 7) is 5.29. The summed E-state index contributed by atoms with van der Waals surface area (Å²) in [7, 11) is 0. The average molecular weight is 350 g/mol. The highest BCUT2D eigenvalue weighted by Gasteiger charge is 2.45. The minimum Gasteiger partial charge on any atom is -0.462 e. The summed E-state index contributed by atoms with van der Waals surface area (Å²) < 4.78 is 67.9. The smallest absolute Gasteiger partial charge is 0.319 e. The molecule has 0 aliphatic rings. The predicted molar refractivity (Wildman–Crippen MR) is 77.5 cm³/mol. The van der Waals surface area contributed by atoms with E-state index in [9.17, 15) is 26.7 Å². The van der Waals surface area contributed by atoms with Crippen molar-refractivity contribution in [2.24, 2.45) is 0 Å². The van der Waals surface area contributed by atoms with E-state index in [4.69, 9.17) is 4.74 Å². The van der Waals surface area contributed by atoms with Gasteiger partial charge >= 0.3 is 5.97 Å². The Morgan fingerprint density at radius 3 is 2.27 bits per heavy atom. The first-order valence-electron chi connectivity index (χ1n) is 7.24. The second-order valence-electron chi connectivity index (χ2n) is 5.23. The summed E-state index contributed by atoms with van der Waals surface area (Å²) in [5.74, 6) is -4.30. The van der Waals surface area contributed by atoms with Crippen molar-refractivity contribution in [2.45, 2.75) is 76.3 Å². The number of hydrogen-bond acceptors (Lipinski definition) is 3. The Balaban J connectivity index is 4.26. The zero-order valence-electron chi connectivity index (χ0n) is 13.0. The van der Waals surface area contributed by atoms with Crippen LogP contribution in [0, 0.1) is 0 Å². The van der Waals surface area contributed by atoms with Gasteiger partial charge < -0.3 is 4.74 Å². The molecule has 0 N–H and O–H groups in total. The molecule has 0 saturated carbocycles. The largest absolute Gasteiger partial charge is 0.462 e. The lowest BCUT2D eigenvalue weighted by Gasteiger charge is -2.20. The zero-order valence-corrected chi connectivity index (χ0v) is 13.8. The Morgan fingerprint density at radius 2 is 1.82 bits per heavy atom. The first-order valence-corrected chi connectivity index (χ1v) is 8.28. The number of hydrogen-bond donors (Lipinski definition) is 0. The minimum absolute atomic E-state index is 0.153. The van der Waals surface area contributed by atoms with E-state index in [-0.39, 0.29) is 18.3 Å². The summed E-state index contributed by atoms with van der Waals surface area (Å²) in [6, 6.07) is 0. The molecule has 0 aromatic heterocycles. The molecule has 0 radical (unpaired) electrons. The van der Waals surface area contributed by atoms with Crippen molar-refractivity contribution in [3.63, 3.8) is 0 Å². The second kappa shape index (κ2) is 10.3. The Morgan fingerprint density at radius 1 is 1.23 bits per heavy atom. The van der Waals surface area contributed by atoms with E-state index in [0.717, 1.165) is 18.2 Å². The van der Waals surface area contributed by atoms with E-state index < -0.39 is 36.2 Å². The van der Waals surface area contributed by atoms with Crippen molar-refractivity contribution in [3.8, 4) is 0 Å². The minimum atomic E-state index is -4.05. The number of thioether (sulfide) groups is 1. The van der Waals surface area contributed by atoms with E-state index in [1.54, 1.807) is 13.8 Å². The van der Waals surface area contributed by atoms with Crippen LogP contribution in [0.4, 0.5) is 22.0 Å². The first kappa shape index (κ1) is 21.5. The van der Waals surface area contributed by atoms with Crippen molar-refractivity contribution in [1.82, 2.24) is 0 Å². The molecule has 0 rings (SSSR count). The zero-order chi connectivity index (χ0) is 17.3. The fourth-order valence-electron chi connectivity index (χ4n) is 1.70. The predicted octanol–water partition coefficient (Wildman–Crippen LogP) is 4.86. The summed E-state index contributed by atoms with van der Waals surface area (Å²) in [6.07, 6.45) is -7.28. The summed E-state index contributed by atoms with van der Waals surface area (Å²) in [4.78, 5) is 11.8. The van der Waals surface area contributed by atoms with E-state index in [0.29, 0.717) is 6.42 Å². The maximum absolute atomic E-state index is 13.1. The van der Waals surface area contributed by atoms with Crippen LogP contribution in [0.3, 0.4) is 0 Å². The van der Waals surface area contributed by atoms with Crippen LogP contribution in [0.1, 0.15) is 46.5 Å². The maximum atomic E-state index is 13.1. The molecule has 0 aliphatic carbocycles. The molecule has 22 heavy (non-hydrogen) atoms. The molecule has 132 valence electrons. The van der Waals surface area contributed by atoms with E-state index >= 15 is 0 Å². The van der Waals surface area contributed by atoms with Gasteiger partial charge in [-0.25, -0.2) is 22.0 Å². The maximum Gasteiger partial charge on any atom is 0.319 e. The SMILES string of the molecule is CCCC(SCCCC(F)(F)C(F)C(F)F)C(=O)OC(C)C. The van der Waals surface area contributed by atoms with Crippen LogP contribution < -0.4 is 0 Å². The number of carbonyl (C=O) groups excluding carboxylic acids is 1. The second-order valence-corrected chi connectivity index (χ2v) is 6.55. The van der Waals surface area contributed by atoms with Gasteiger partial charge in [0, 0.05) is 6.42 Å². The molecular formula is C14H23F5O2S. The number of rotatable bonds is 11. The normalized spacial score (nSPS) is 15.2. The monoisotopic (exact) mass is 350 g/mol. The molecule has 2 nitrogen and oxygen atoms in total. The third-order valence-corrected chi connectivity index (χ3v) is 4.12. The van der Waals surface area contributed by atoms with Crippen LogP contribution in [-0.2, 0) is 9.53 Å². The average Bonchev–Trinajstić information content (AvgIpc) is 2.40. The molecule has 0 aliphatic heterocycles. The molecule has 8 heteroatoms. The lowest BCUT2D eigenvalue weighted by Crippen LogP contribution is -2.35. The molecule has 2 unspecified atom stereocenters. The van der Waals surface area contributed by atoms with Crippen LogP contribution >= 0.6 is 11.8 Å². The van der Waals surface area contributed by atoms with Crippen LogP contribution in [0.5, 0.6) is 0 Å². The Kier molecular flexibility index (Phi) is 10.0. The van der Waals surface area contributed by atoms with Crippen molar-refractivity contribution in [3.05, 3.63) is 0 Å². The summed E-state index contributed by atoms with van der Waals surface area (Å²) >= 11 is 1.14. The van der Waals surface area contributed by atoms with Gasteiger partial charge in [-0.05, 0) is 32.4 Å². The van der Waals surface area contributed by atoms with Gasteiger partial charge in [0.15, 0.2) is 0 Å². The molecule has 0 heterocycles. The summed E-state index contributed by atoms with van der Waals surface area (Å²) in [5.41, 5.74) is 0. The lowest BCUT2D eigenvalue weighted by molar-refractivity contribution is -0.146. The van der Waals surface area contributed by atoms with Gasteiger partial charge in [-0.15, -0.1) is 11.8 Å². The van der Waals surface area contributed by atoms with Gasteiger partial charge in [0.2, 0.25) is 6.17 Å². The quantitative estimate of drug-likeness (QED) is 0.302. The Bertz CT molecular complexity index is 326. The first-order chi connectivity index (χ1) is 10.1. The number of halogens is 5. The van der Waals surface area contributed by atoms with Crippen molar-refractivity contribution < 1.29 is 31.5 Å². The number of carbonyl (C=O) groups is 1. The number of ether oxygens (including phenoxy) is 1. The molecule has 0 fully saturated rings. The lowest BCUT2D eigenvalue weighted by atomic mass is 10.1. The summed E-state index contributed by atoms with van der Waals surface area (Å²) in [5, 5.41) is -0.475. The van der Waals surface area contributed by atoms with E-state index in [1.807, 2.05) is 6.92 Å². The Labute approximate surface area is 132 Å². The third-order valence-electron chi connectivity index (χ3n) is 2.76. The van der Waals surface area contributed by atoms with Gasteiger partial charge in [0.05, 0.1) is 6.10 Å². The fraction of sp³-hybridized carbons (Fsp3) is 0.929. The van der Waals surface area contributed by atoms with Crippen molar-refractivity contribution >= 4 is 17.7 Å². The number of alkyl halides is 5. The highest BCUT2D eigenvalue weighted by atomic mass is 32.2. The van der Waals surface area contributed by atoms with Gasteiger partial charge in [-0.3, -0.25) is 4.79 Å². The van der Waals surface area contributed by atoms with E-state index in [1.165, 1.54) is 0 Å². The fourth-order valence-corrected chi connectivity index (χ4v) is 2.88. The molecule has 0 spiro atoms. The van der Waals surface area contributed by atoms with Gasteiger partial charge in [0.25, 0.3) is 12.3 Å². The molecule has 2 atom stereocenters. The third kappa shape index (κ3) is 8.19. The molecular weight excluding hydrogens is 327 g/mol. The van der Waals surface area contributed by atoms with Crippen molar-refractivity contribution in [2.75, 3.05) is 5.75 Å². The molecule has 0 bridgehead atoms. The Hall–Kier alpha value is -0.530. The van der Waals surface area contributed by atoms with Gasteiger partial charge in [-0.1, -0.05) is 13.3 Å². The van der Waals surface area contributed by atoms with Gasteiger partial charge in [0.1, 0.15) is 5.25 Å². The van der Waals surface area contributed by atoms with Gasteiger partial charge in [-0.2, -0.15) is 0 Å². The molecule has 0 aromatic rings. The topological polar surface area (TPSA) is 26.3 Å². The van der Waals surface area contributed by atoms with Crippen LogP contribution in [0.25, 0.3) is 0 Å². The molecule has 0 amide bonds. The van der Waals surface area contributed by atoms with E-state index in [2.05, 4.69) is 0 Å². The highest BCUT2D eigenvalue weighted by molar-refractivity contribution is 8.00. The number of esters is 1. The molecule has 0 saturated heterocycles. The van der Waals surface area contributed by atoms with Crippen LogP contribution in [-0.4, -0.2) is 41.6 Å². The standard InChI is InChI=1S/C14H23F5O2S/c1-4-6-10(13(20)21-9(2)3)22-8-5-7-14(18,19)11(15)12(16)17/h9-12H,4-8H2,1-3H3. The highest BCUT2D eigenvalue weighted by Crippen LogP contribution is 2.32.